The van der Waals surface area contributed by atoms with Gasteiger partial charge in [-0.2, -0.15) is 0 Å². The Balaban J connectivity index is 2.47. The Labute approximate surface area is 118 Å². The maximum atomic E-state index is 11.4. The Morgan fingerprint density at radius 1 is 1.05 bits per heavy atom. The third-order valence-corrected chi connectivity index (χ3v) is 2.74. The normalized spacial score (nSPS) is 9.85. The number of carbonyl (C=O) groups is 1. The lowest BCUT2D eigenvalue weighted by atomic mass is 10.0. The fourth-order valence-corrected chi connectivity index (χ4v) is 1.90. The van der Waals surface area contributed by atoms with E-state index in [2.05, 4.69) is 6.58 Å². The van der Waals surface area contributed by atoms with E-state index in [1.54, 1.807) is 6.07 Å². The van der Waals surface area contributed by atoms with E-state index in [0.717, 1.165) is 23.0 Å². The molecule has 102 valence electrons. The zero-order chi connectivity index (χ0) is 14.4. The van der Waals surface area contributed by atoms with Gasteiger partial charge in [0.25, 0.3) is 0 Å². The van der Waals surface area contributed by atoms with Crippen molar-refractivity contribution in [2.45, 2.75) is 6.92 Å². The summed E-state index contributed by atoms with van der Waals surface area (Å²) in [6.07, 6.45) is 1.14. The van der Waals surface area contributed by atoms with Crippen LogP contribution in [0.2, 0.25) is 0 Å². The van der Waals surface area contributed by atoms with Gasteiger partial charge in [-0.15, -0.1) is 0 Å². The van der Waals surface area contributed by atoms with Crippen molar-refractivity contribution in [2.75, 3.05) is 6.61 Å². The van der Waals surface area contributed by atoms with E-state index in [9.17, 15) is 4.79 Å². The first-order chi connectivity index (χ1) is 9.76. The number of para-hydroxylation sites is 2. The van der Waals surface area contributed by atoms with Crippen molar-refractivity contribution in [3.8, 4) is 22.6 Å². The Bertz CT molecular complexity index is 617. The molecule has 0 fully saturated rings. The van der Waals surface area contributed by atoms with Crippen LogP contribution in [0.5, 0.6) is 11.5 Å². The molecule has 0 radical (unpaired) electrons. The average Bonchev–Trinajstić information content (AvgIpc) is 2.49. The van der Waals surface area contributed by atoms with Crippen molar-refractivity contribution < 1.29 is 14.3 Å². The van der Waals surface area contributed by atoms with Crippen molar-refractivity contribution >= 4 is 5.97 Å². The molecule has 0 heterocycles. The van der Waals surface area contributed by atoms with E-state index in [4.69, 9.17) is 9.47 Å². The number of hydrogen-bond acceptors (Lipinski definition) is 3. The van der Waals surface area contributed by atoms with Crippen molar-refractivity contribution in [3.05, 3.63) is 61.2 Å². The quantitative estimate of drug-likeness (QED) is 0.469. The lowest BCUT2D eigenvalue weighted by Crippen LogP contribution is -2.04. The summed E-state index contributed by atoms with van der Waals surface area (Å²) in [7, 11) is 0. The summed E-state index contributed by atoms with van der Waals surface area (Å²) in [6, 6.07) is 15.0. The molecule has 0 saturated carbocycles. The van der Waals surface area contributed by atoms with Gasteiger partial charge < -0.3 is 9.47 Å². The van der Waals surface area contributed by atoms with Crippen LogP contribution in [0.15, 0.2) is 61.2 Å². The third-order valence-electron chi connectivity index (χ3n) is 2.74. The molecule has 0 aromatic heterocycles. The molecule has 2 aromatic rings. The summed E-state index contributed by atoms with van der Waals surface area (Å²) in [5, 5.41) is 0. The van der Waals surface area contributed by atoms with Gasteiger partial charge in [-0.1, -0.05) is 43.0 Å². The number of ether oxygens (including phenoxy) is 2. The zero-order valence-electron chi connectivity index (χ0n) is 11.3. The smallest absolute Gasteiger partial charge is 0.335 e. The second-order valence-corrected chi connectivity index (χ2v) is 4.05. The largest absolute Gasteiger partial charge is 0.493 e. The molecule has 0 atom stereocenters. The van der Waals surface area contributed by atoms with E-state index in [0.29, 0.717) is 12.4 Å². The van der Waals surface area contributed by atoms with Crippen molar-refractivity contribution in [1.29, 1.82) is 0 Å². The molecule has 0 unspecified atom stereocenters. The predicted octanol–water partition coefficient (Wildman–Crippen LogP) is 3.84. The Morgan fingerprint density at radius 2 is 1.60 bits per heavy atom. The highest BCUT2D eigenvalue weighted by Crippen LogP contribution is 2.36. The first-order valence-corrected chi connectivity index (χ1v) is 6.41. The summed E-state index contributed by atoms with van der Waals surface area (Å²) in [5.74, 6) is 0.771. The Hall–Kier alpha value is -2.55. The average molecular weight is 268 g/mol. The highest BCUT2D eigenvalue weighted by molar-refractivity contribution is 5.86. The molecule has 20 heavy (non-hydrogen) atoms. The lowest BCUT2D eigenvalue weighted by molar-refractivity contribution is -0.128. The van der Waals surface area contributed by atoms with E-state index in [1.807, 2.05) is 49.4 Å². The van der Waals surface area contributed by atoms with Crippen LogP contribution >= 0.6 is 0 Å². The number of benzene rings is 2. The van der Waals surface area contributed by atoms with Gasteiger partial charge in [-0.05, 0) is 19.1 Å². The Morgan fingerprint density at radius 3 is 2.20 bits per heavy atom. The molecule has 0 saturated heterocycles. The minimum atomic E-state index is -0.480. The van der Waals surface area contributed by atoms with Gasteiger partial charge in [0, 0.05) is 17.2 Å². The number of carbonyl (C=O) groups excluding carboxylic acids is 1. The minimum Gasteiger partial charge on any atom is -0.493 e. The van der Waals surface area contributed by atoms with Gasteiger partial charge in [0.1, 0.15) is 11.5 Å². The van der Waals surface area contributed by atoms with Crippen LogP contribution in [0.4, 0.5) is 0 Å². The van der Waals surface area contributed by atoms with Crippen LogP contribution in [-0.2, 0) is 4.79 Å². The van der Waals surface area contributed by atoms with E-state index in [1.165, 1.54) is 0 Å². The van der Waals surface area contributed by atoms with Gasteiger partial charge in [0.15, 0.2) is 0 Å². The fraction of sp³-hybridized carbons (Fsp3) is 0.118. The molecule has 2 aromatic carbocycles. The van der Waals surface area contributed by atoms with Crippen LogP contribution in [0.3, 0.4) is 0 Å². The second kappa shape index (κ2) is 6.57. The standard InChI is InChI=1S/C17H16O3/c1-3-17(18)20-16-12-8-6-10-14(16)13-9-5-7-11-15(13)19-4-2/h3,5-12H,1,4H2,2H3. The summed E-state index contributed by atoms with van der Waals surface area (Å²) >= 11 is 0. The monoisotopic (exact) mass is 268 g/mol. The van der Waals surface area contributed by atoms with E-state index >= 15 is 0 Å². The highest BCUT2D eigenvalue weighted by atomic mass is 16.5. The van der Waals surface area contributed by atoms with Gasteiger partial charge in [0.2, 0.25) is 0 Å². The maximum Gasteiger partial charge on any atom is 0.335 e. The van der Waals surface area contributed by atoms with E-state index < -0.39 is 5.97 Å². The summed E-state index contributed by atoms with van der Waals surface area (Å²) < 4.78 is 10.9. The van der Waals surface area contributed by atoms with Crippen molar-refractivity contribution in [1.82, 2.24) is 0 Å². The van der Waals surface area contributed by atoms with Crippen LogP contribution in [0, 0.1) is 0 Å². The molecule has 3 heteroatoms. The van der Waals surface area contributed by atoms with Crippen molar-refractivity contribution in [3.63, 3.8) is 0 Å². The number of rotatable bonds is 5. The lowest BCUT2D eigenvalue weighted by Gasteiger charge is -2.13. The fourth-order valence-electron chi connectivity index (χ4n) is 1.90. The predicted molar refractivity (Wildman–Crippen MR) is 78.9 cm³/mol. The first-order valence-electron chi connectivity index (χ1n) is 6.41. The van der Waals surface area contributed by atoms with Gasteiger partial charge in [-0.3, -0.25) is 0 Å². The van der Waals surface area contributed by atoms with Gasteiger partial charge in [0.05, 0.1) is 6.61 Å². The molecule has 0 bridgehead atoms. The summed E-state index contributed by atoms with van der Waals surface area (Å²) in [5.41, 5.74) is 1.70. The molecule has 0 amide bonds. The highest BCUT2D eigenvalue weighted by Gasteiger charge is 2.12. The third kappa shape index (κ3) is 3.06. The topological polar surface area (TPSA) is 35.5 Å². The maximum absolute atomic E-state index is 11.4. The SMILES string of the molecule is C=CC(=O)Oc1ccccc1-c1ccccc1OCC. The van der Waals surface area contributed by atoms with E-state index in [-0.39, 0.29) is 0 Å². The molecular weight excluding hydrogens is 252 g/mol. The second-order valence-electron chi connectivity index (χ2n) is 4.05. The molecule has 3 nitrogen and oxygen atoms in total. The van der Waals surface area contributed by atoms with Crippen LogP contribution < -0.4 is 9.47 Å². The van der Waals surface area contributed by atoms with Crippen LogP contribution in [0.25, 0.3) is 11.1 Å². The molecule has 0 aliphatic carbocycles. The summed E-state index contributed by atoms with van der Waals surface area (Å²) in [4.78, 5) is 11.4. The molecule has 0 aliphatic heterocycles. The molecule has 2 rings (SSSR count). The summed E-state index contributed by atoms with van der Waals surface area (Å²) in [6.45, 7) is 5.91. The Kier molecular flexibility index (Phi) is 4.56. The molecule has 0 aliphatic rings. The molecule has 0 spiro atoms. The number of esters is 1. The van der Waals surface area contributed by atoms with Crippen molar-refractivity contribution in [2.24, 2.45) is 0 Å². The van der Waals surface area contributed by atoms with Gasteiger partial charge >= 0.3 is 5.97 Å². The van der Waals surface area contributed by atoms with Gasteiger partial charge in [-0.25, -0.2) is 4.79 Å². The minimum absolute atomic E-state index is 0.480. The van der Waals surface area contributed by atoms with Crippen LogP contribution in [0.1, 0.15) is 6.92 Å². The van der Waals surface area contributed by atoms with Crippen LogP contribution in [-0.4, -0.2) is 12.6 Å². The first kappa shape index (κ1) is 13.9. The number of hydrogen-bond donors (Lipinski definition) is 0. The zero-order valence-corrected chi connectivity index (χ0v) is 11.3. The molecule has 0 N–H and O–H groups in total. The molecular formula is C17H16O3.